The first-order valence-corrected chi connectivity index (χ1v) is 9.63. The number of hydrogen-bond donors (Lipinski definition) is 3. The zero-order valence-electron chi connectivity index (χ0n) is 15.0. The van der Waals surface area contributed by atoms with Gasteiger partial charge in [0.05, 0.1) is 0 Å². The van der Waals surface area contributed by atoms with E-state index in [1.54, 1.807) is 36.4 Å². The van der Waals surface area contributed by atoms with Crippen LogP contribution >= 0.6 is 39.7 Å². The molecule has 0 aliphatic heterocycles. The Bertz CT molecular complexity index is 880. The minimum Gasteiger partial charge on any atom is -0.298 e. The van der Waals surface area contributed by atoms with Gasteiger partial charge in [0.25, 0.3) is 11.8 Å². The van der Waals surface area contributed by atoms with Gasteiger partial charge in [-0.15, -0.1) is 0 Å². The summed E-state index contributed by atoms with van der Waals surface area (Å²) in [5.41, 5.74) is 6.82. The Balaban J connectivity index is 1.93. The minimum absolute atomic E-state index is 0.0154. The summed E-state index contributed by atoms with van der Waals surface area (Å²) in [6.07, 6.45) is 0. The van der Waals surface area contributed by atoms with Crippen molar-refractivity contribution in [2.75, 3.05) is 0 Å². The second kappa shape index (κ2) is 8.82. The summed E-state index contributed by atoms with van der Waals surface area (Å²) in [5, 5.41) is 3.04. The lowest BCUT2D eigenvalue weighted by atomic mass is 9.86. The molecule has 0 atom stereocenters. The normalized spacial score (nSPS) is 10.9. The molecular formula is C19H19BrClN3O2S. The summed E-state index contributed by atoms with van der Waals surface area (Å²) in [5.74, 6) is -0.782. The van der Waals surface area contributed by atoms with Gasteiger partial charge in [0.15, 0.2) is 5.11 Å². The molecule has 3 N–H and O–H groups in total. The molecule has 0 saturated heterocycles. The lowest BCUT2D eigenvalue weighted by molar-refractivity contribution is 0.0934. The molecule has 2 rings (SSSR count). The van der Waals surface area contributed by atoms with Gasteiger partial charge < -0.3 is 0 Å². The second-order valence-corrected chi connectivity index (χ2v) is 8.51. The number of benzene rings is 2. The van der Waals surface area contributed by atoms with Crippen LogP contribution in [0.25, 0.3) is 0 Å². The standard InChI is InChI=1S/C19H19BrClN3O2S/c1-19(2,3)14-9-6-12(10-15(14)20)16(25)22-18(27)24-23-17(26)11-4-7-13(21)8-5-11/h4-10H,1-3H3,(H,23,26)(H2,22,24,25,27). The number of amides is 2. The summed E-state index contributed by atoms with van der Waals surface area (Å²) in [4.78, 5) is 24.3. The molecule has 0 aromatic heterocycles. The number of carbonyl (C=O) groups excluding carboxylic acids is 2. The van der Waals surface area contributed by atoms with Crippen molar-refractivity contribution in [1.82, 2.24) is 16.2 Å². The van der Waals surface area contributed by atoms with Crippen molar-refractivity contribution in [3.63, 3.8) is 0 Å². The summed E-state index contributed by atoms with van der Waals surface area (Å²) < 4.78 is 0.845. The molecule has 2 aromatic rings. The Kier molecular flexibility index (Phi) is 6.97. The molecule has 27 heavy (non-hydrogen) atoms. The van der Waals surface area contributed by atoms with E-state index in [0.717, 1.165) is 10.0 Å². The summed E-state index contributed by atoms with van der Waals surface area (Å²) in [6.45, 7) is 6.28. The highest BCUT2D eigenvalue weighted by Gasteiger charge is 2.18. The molecule has 0 unspecified atom stereocenters. The van der Waals surface area contributed by atoms with Crippen LogP contribution in [0.3, 0.4) is 0 Å². The fraction of sp³-hybridized carbons (Fsp3) is 0.211. The number of hydrogen-bond acceptors (Lipinski definition) is 3. The van der Waals surface area contributed by atoms with Crippen molar-refractivity contribution in [1.29, 1.82) is 0 Å². The summed E-state index contributed by atoms with van der Waals surface area (Å²) in [7, 11) is 0. The fourth-order valence-electron chi connectivity index (χ4n) is 2.26. The quantitative estimate of drug-likeness (QED) is 0.453. The van der Waals surface area contributed by atoms with Gasteiger partial charge >= 0.3 is 0 Å². The zero-order valence-corrected chi connectivity index (χ0v) is 18.2. The lowest BCUT2D eigenvalue weighted by Crippen LogP contribution is -2.48. The average Bonchev–Trinajstić information content (AvgIpc) is 2.59. The van der Waals surface area contributed by atoms with E-state index < -0.39 is 5.91 Å². The number of rotatable bonds is 2. The number of nitrogens with one attached hydrogen (secondary N) is 3. The van der Waals surface area contributed by atoms with Gasteiger partial charge in [0, 0.05) is 20.6 Å². The first-order valence-electron chi connectivity index (χ1n) is 8.05. The smallest absolute Gasteiger partial charge is 0.269 e. The Hall–Kier alpha value is -1.96. The molecule has 0 radical (unpaired) electrons. The van der Waals surface area contributed by atoms with Crippen LogP contribution < -0.4 is 16.2 Å². The van der Waals surface area contributed by atoms with Gasteiger partial charge in [-0.2, -0.15) is 0 Å². The first-order chi connectivity index (χ1) is 12.6. The third-order valence-electron chi connectivity index (χ3n) is 3.66. The summed E-state index contributed by atoms with van der Waals surface area (Å²) >= 11 is 14.3. The maximum absolute atomic E-state index is 12.3. The second-order valence-electron chi connectivity index (χ2n) is 6.81. The van der Waals surface area contributed by atoms with Crippen molar-refractivity contribution >= 4 is 56.7 Å². The van der Waals surface area contributed by atoms with Gasteiger partial charge in [-0.05, 0) is 59.6 Å². The molecular weight excluding hydrogens is 450 g/mol. The lowest BCUT2D eigenvalue weighted by Gasteiger charge is -2.21. The van der Waals surface area contributed by atoms with Crippen LogP contribution in [0.5, 0.6) is 0 Å². The molecule has 0 aliphatic carbocycles. The predicted molar refractivity (Wildman–Crippen MR) is 115 cm³/mol. The molecule has 0 spiro atoms. The van der Waals surface area contributed by atoms with E-state index >= 15 is 0 Å². The molecule has 0 heterocycles. The Labute approximate surface area is 177 Å². The SMILES string of the molecule is CC(C)(C)c1ccc(C(=O)NC(=S)NNC(=O)c2ccc(Cl)cc2)cc1Br. The van der Waals surface area contributed by atoms with Gasteiger partial charge in [-0.25, -0.2) is 0 Å². The van der Waals surface area contributed by atoms with Crippen LogP contribution in [-0.4, -0.2) is 16.9 Å². The maximum atomic E-state index is 12.3. The molecule has 5 nitrogen and oxygen atoms in total. The van der Waals surface area contributed by atoms with Crippen molar-refractivity contribution < 1.29 is 9.59 Å². The minimum atomic E-state index is -0.402. The molecule has 142 valence electrons. The highest BCUT2D eigenvalue weighted by atomic mass is 79.9. The van der Waals surface area contributed by atoms with E-state index in [1.165, 1.54) is 0 Å². The Morgan fingerprint density at radius 1 is 0.963 bits per heavy atom. The Morgan fingerprint density at radius 2 is 1.56 bits per heavy atom. The van der Waals surface area contributed by atoms with Crippen LogP contribution in [-0.2, 0) is 5.41 Å². The summed E-state index contributed by atoms with van der Waals surface area (Å²) in [6, 6.07) is 11.7. The highest BCUT2D eigenvalue weighted by Crippen LogP contribution is 2.30. The van der Waals surface area contributed by atoms with Gasteiger partial charge in [0.1, 0.15) is 0 Å². The monoisotopic (exact) mass is 467 g/mol. The van der Waals surface area contributed by atoms with Gasteiger partial charge in [0.2, 0.25) is 0 Å². The number of halogens is 2. The van der Waals surface area contributed by atoms with Crippen molar-refractivity contribution in [2.24, 2.45) is 0 Å². The average molecular weight is 469 g/mol. The molecule has 2 aromatic carbocycles. The van der Waals surface area contributed by atoms with Gasteiger partial charge in [-0.3, -0.25) is 25.8 Å². The van der Waals surface area contributed by atoms with Crippen LogP contribution in [0.4, 0.5) is 0 Å². The van der Waals surface area contributed by atoms with Crippen LogP contribution in [0, 0.1) is 0 Å². The molecule has 0 fully saturated rings. The number of carbonyl (C=O) groups is 2. The maximum Gasteiger partial charge on any atom is 0.269 e. The number of thiocarbonyl (C=S) groups is 1. The topological polar surface area (TPSA) is 70.2 Å². The molecule has 2 amide bonds. The van der Waals surface area contributed by atoms with Crippen molar-refractivity contribution in [2.45, 2.75) is 26.2 Å². The van der Waals surface area contributed by atoms with E-state index in [0.29, 0.717) is 16.1 Å². The van der Waals surface area contributed by atoms with E-state index in [2.05, 4.69) is 52.9 Å². The molecule has 0 aliphatic rings. The van der Waals surface area contributed by atoms with E-state index in [9.17, 15) is 9.59 Å². The van der Waals surface area contributed by atoms with Crippen molar-refractivity contribution in [3.8, 4) is 0 Å². The predicted octanol–water partition coefficient (Wildman–Crippen LogP) is 4.35. The molecule has 0 bridgehead atoms. The van der Waals surface area contributed by atoms with Crippen LogP contribution in [0.15, 0.2) is 46.9 Å². The van der Waals surface area contributed by atoms with Crippen molar-refractivity contribution in [3.05, 3.63) is 68.7 Å². The third-order valence-corrected chi connectivity index (χ3v) is 4.77. The molecule has 0 saturated carbocycles. The van der Waals surface area contributed by atoms with Crippen LogP contribution in [0.1, 0.15) is 47.1 Å². The largest absolute Gasteiger partial charge is 0.298 e. The zero-order chi connectivity index (χ0) is 20.2. The van der Waals surface area contributed by atoms with E-state index in [4.69, 9.17) is 23.8 Å². The highest BCUT2D eigenvalue weighted by molar-refractivity contribution is 9.10. The third kappa shape index (κ3) is 6.02. The van der Waals surface area contributed by atoms with E-state index in [-0.39, 0.29) is 16.4 Å². The van der Waals surface area contributed by atoms with E-state index in [1.807, 2.05) is 6.07 Å². The van der Waals surface area contributed by atoms with Gasteiger partial charge in [-0.1, -0.05) is 54.4 Å². The first kappa shape index (κ1) is 21.3. The number of hydrazine groups is 1. The van der Waals surface area contributed by atoms with Crippen LogP contribution in [0.2, 0.25) is 5.02 Å². The fourth-order valence-corrected chi connectivity index (χ4v) is 3.50. The Morgan fingerprint density at radius 3 is 2.11 bits per heavy atom. The molecule has 8 heteroatoms.